The minimum absolute atomic E-state index is 0.168. The summed E-state index contributed by atoms with van der Waals surface area (Å²) in [4.78, 5) is 11.1. The van der Waals surface area contributed by atoms with Crippen LogP contribution in [0.4, 0.5) is 0 Å². The minimum Gasteiger partial charge on any atom is -0.374 e. The number of hydrogen-bond donors (Lipinski definition) is 0. The molecular weight excluding hydrogens is 140 g/mol. The number of ketones is 1. The Hall–Kier alpha value is -0.370. The molecule has 0 bridgehead atoms. The normalized spacial score (nSPS) is 39.2. The third kappa shape index (κ3) is 1.62. The number of hydrogen-bond acceptors (Lipinski definition) is 2. The van der Waals surface area contributed by atoms with Crippen LogP contribution in [0.1, 0.15) is 32.6 Å². The third-order valence-electron chi connectivity index (χ3n) is 2.50. The summed E-state index contributed by atoms with van der Waals surface area (Å²) in [5.41, 5.74) is 0. The number of Topliss-reactive ketones (excluding diaryl/α,β-unsaturated/α-hetero) is 1. The molecule has 11 heavy (non-hydrogen) atoms. The smallest absolute Gasteiger partial charge is 0.138 e. The molecule has 2 fully saturated rings. The highest BCUT2D eigenvalue weighted by Crippen LogP contribution is 2.38. The lowest BCUT2D eigenvalue weighted by Crippen LogP contribution is -2.32. The van der Waals surface area contributed by atoms with E-state index < -0.39 is 0 Å². The molecule has 2 rings (SSSR count). The number of carbonyl (C=O) groups is 1. The van der Waals surface area contributed by atoms with Gasteiger partial charge in [-0.15, -0.1) is 0 Å². The van der Waals surface area contributed by atoms with Crippen molar-refractivity contribution in [2.24, 2.45) is 5.92 Å². The molecule has 2 heteroatoms. The average Bonchev–Trinajstić information content (AvgIpc) is 2.64. The molecule has 1 heterocycles. The Bertz CT molecular complexity index is 172. The lowest BCUT2D eigenvalue weighted by atomic mass is 10.0. The lowest BCUT2D eigenvalue weighted by molar-refractivity contribution is -0.135. The van der Waals surface area contributed by atoms with Gasteiger partial charge in [-0.2, -0.15) is 0 Å². The van der Waals surface area contributed by atoms with Gasteiger partial charge in [-0.1, -0.05) is 0 Å². The van der Waals surface area contributed by atoms with E-state index in [9.17, 15) is 4.79 Å². The molecule has 0 spiro atoms. The second-order valence-corrected chi connectivity index (χ2v) is 3.77. The van der Waals surface area contributed by atoms with Crippen LogP contribution in [0, 0.1) is 5.92 Å². The molecule has 1 aliphatic heterocycles. The van der Waals surface area contributed by atoms with Crippen molar-refractivity contribution in [2.45, 2.75) is 44.8 Å². The Kier molecular flexibility index (Phi) is 1.72. The molecule has 2 nitrogen and oxygen atoms in total. The molecule has 0 amide bonds. The standard InChI is InChI=1S/C9H14O2/c1-6-4-8(10)5-9(11-6)7-2-3-7/h6-7,9H,2-5H2,1H3. The first-order valence-electron chi connectivity index (χ1n) is 4.43. The van der Waals surface area contributed by atoms with E-state index in [1.54, 1.807) is 0 Å². The average molecular weight is 154 g/mol. The highest BCUT2D eigenvalue weighted by Gasteiger charge is 2.37. The van der Waals surface area contributed by atoms with E-state index in [2.05, 4.69) is 0 Å². The van der Waals surface area contributed by atoms with Crippen LogP contribution in [0.5, 0.6) is 0 Å². The summed E-state index contributed by atoms with van der Waals surface area (Å²) in [7, 11) is 0. The Morgan fingerprint density at radius 2 is 2.09 bits per heavy atom. The summed E-state index contributed by atoms with van der Waals surface area (Å²) in [5, 5.41) is 0. The summed E-state index contributed by atoms with van der Waals surface area (Å²) >= 11 is 0. The van der Waals surface area contributed by atoms with E-state index in [-0.39, 0.29) is 12.2 Å². The van der Waals surface area contributed by atoms with E-state index in [1.165, 1.54) is 12.8 Å². The molecule has 1 saturated heterocycles. The Morgan fingerprint density at radius 3 is 2.64 bits per heavy atom. The van der Waals surface area contributed by atoms with Gasteiger partial charge in [0.05, 0.1) is 12.2 Å². The van der Waals surface area contributed by atoms with Crippen LogP contribution < -0.4 is 0 Å². The van der Waals surface area contributed by atoms with Crippen molar-refractivity contribution in [1.29, 1.82) is 0 Å². The van der Waals surface area contributed by atoms with Gasteiger partial charge in [0.15, 0.2) is 0 Å². The monoisotopic (exact) mass is 154 g/mol. The maximum Gasteiger partial charge on any atom is 0.138 e. The third-order valence-corrected chi connectivity index (χ3v) is 2.50. The summed E-state index contributed by atoms with van der Waals surface area (Å²) < 4.78 is 5.66. The maximum absolute atomic E-state index is 11.1. The zero-order chi connectivity index (χ0) is 7.84. The van der Waals surface area contributed by atoms with E-state index in [4.69, 9.17) is 4.74 Å². The molecule has 0 radical (unpaired) electrons. The molecule has 2 unspecified atom stereocenters. The molecule has 62 valence electrons. The van der Waals surface area contributed by atoms with Gasteiger partial charge in [0, 0.05) is 12.8 Å². The van der Waals surface area contributed by atoms with Crippen molar-refractivity contribution < 1.29 is 9.53 Å². The number of carbonyl (C=O) groups excluding carboxylic acids is 1. The number of ether oxygens (including phenoxy) is 1. The van der Waals surface area contributed by atoms with Crippen LogP contribution in [-0.4, -0.2) is 18.0 Å². The van der Waals surface area contributed by atoms with Gasteiger partial charge in [-0.3, -0.25) is 4.79 Å². The molecule has 2 aliphatic rings. The first-order chi connectivity index (χ1) is 5.25. The summed E-state index contributed by atoms with van der Waals surface area (Å²) in [5.74, 6) is 1.10. The first kappa shape index (κ1) is 7.29. The zero-order valence-corrected chi connectivity index (χ0v) is 6.88. The highest BCUT2D eigenvalue weighted by molar-refractivity contribution is 5.80. The lowest BCUT2D eigenvalue weighted by Gasteiger charge is -2.26. The second kappa shape index (κ2) is 2.59. The largest absolute Gasteiger partial charge is 0.374 e. The van der Waals surface area contributed by atoms with E-state index in [1.807, 2.05) is 6.92 Å². The summed E-state index contributed by atoms with van der Waals surface area (Å²) in [6, 6.07) is 0. The van der Waals surface area contributed by atoms with Crippen molar-refractivity contribution >= 4 is 5.78 Å². The van der Waals surface area contributed by atoms with Crippen molar-refractivity contribution in [3.8, 4) is 0 Å². The highest BCUT2D eigenvalue weighted by atomic mass is 16.5. The van der Waals surface area contributed by atoms with Gasteiger partial charge in [-0.05, 0) is 25.7 Å². The quantitative estimate of drug-likeness (QED) is 0.572. The van der Waals surface area contributed by atoms with Crippen LogP contribution in [0.2, 0.25) is 0 Å². The Labute approximate surface area is 66.9 Å². The Morgan fingerprint density at radius 1 is 1.36 bits per heavy atom. The summed E-state index contributed by atoms with van der Waals surface area (Å²) in [6.07, 6.45) is 4.28. The van der Waals surface area contributed by atoms with E-state index in [0.29, 0.717) is 24.5 Å². The predicted molar refractivity (Wildman–Crippen MR) is 41.3 cm³/mol. The molecule has 1 saturated carbocycles. The van der Waals surface area contributed by atoms with Crippen molar-refractivity contribution in [3.05, 3.63) is 0 Å². The fourth-order valence-electron chi connectivity index (χ4n) is 1.77. The van der Waals surface area contributed by atoms with E-state index >= 15 is 0 Å². The minimum atomic E-state index is 0.168. The Balaban J connectivity index is 1.94. The van der Waals surface area contributed by atoms with Crippen LogP contribution in [0.15, 0.2) is 0 Å². The number of rotatable bonds is 1. The van der Waals surface area contributed by atoms with Gasteiger partial charge in [0.2, 0.25) is 0 Å². The van der Waals surface area contributed by atoms with E-state index in [0.717, 1.165) is 0 Å². The van der Waals surface area contributed by atoms with Crippen molar-refractivity contribution in [3.63, 3.8) is 0 Å². The zero-order valence-electron chi connectivity index (χ0n) is 6.88. The molecule has 0 aromatic rings. The molecule has 0 aromatic carbocycles. The molecule has 1 aliphatic carbocycles. The van der Waals surface area contributed by atoms with Gasteiger partial charge in [0.1, 0.15) is 5.78 Å². The predicted octanol–water partition coefficient (Wildman–Crippen LogP) is 1.53. The van der Waals surface area contributed by atoms with Crippen molar-refractivity contribution in [2.75, 3.05) is 0 Å². The molecule has 0 N–H and O–H groups in total. The summed E-state index contributed by atoms with van der Waals surface area (Å²) in [6.45, 7) is 1.99. The fourth-order valence-corrected chi connectivity index (χ4v) is 1.77. The van der Waals surface area contributed by atoms with Gasteiger partial charge in [0.25, 0.3) is 0 Å². The van der Waals surface area contributed by atoms with Crippen LogP contribution in [0.3, 0.4) is 0 Å². The molecule has 2 atom stereocenters. The molecule has 0 aromatic heterocycles. The van der Waals surface area contributed by atoms with Crippen LogP contribution >= 0.6 is 0 Å². The topological polar surface area (TPSA) is 26.3 Å². The van der Waals surface area contributed by atoms with Crippen LogP contribution in [-0.2, 0) is 9.53 Å². The van der Waals surface area contributed by atoms with Gasteiger partial charge >= 0.3 is 0 Å². The SMILES string of the molecule is CC1CC(=O)CC(C2CC2)O1. The van der Waals surface area contributed by atoms with Crippen molar-refractivity contribution in [1.82, 2.24) is 0 Å². The fraction of sp³-hybridized carbons (Fsp3) is 0.889. The maximum atomic E-state index is 11.1. The van der Waals surface area contributed by atoms with Gasteiger partial charge in [-0.25, -0.2) is 0 Å². The molecular formula is C9H14O2. The second-order valence-electron chi connectivity index (χ2n) is 3.77. The first-order valence-corrected chi connectivity index (χ1v) is 4.43. The van der Waals surface area contributed by atoms with Gasteiger partial charge < -0.3 is 4.74 Å². The van der Waals surface area contributed by atoms with Crippen LogP contribution in [0.25, 0.3) is 0 Å².